The Kier molecular flexibility index (Phi) is 4.51. The van der Waals surface area contributed by atoms with Crippen LogP contribution >= 0.6 is 0 Å². The van der Waals surface area contributed by atoms with E-state index in [1.807, 2.05) is 36.4 Å². The molecule has 0 bridgehead atoms. The fourth-order valence-electron chi connectivity index (χ4n) is 3.39. The molecule has 8 heteroatoms. The molecule has 3 heterocycles. The molecule has 0 aliphatic carbocycles. The second-order valence-corrected chi connectivity index (χ2v) is 6.91. The molecule has 2 aromatic heterocycles. The van der Waals surface area contributed by atoms with Crippen LogP contribution in [0, 0.1) is 5.95 Å². The maximum atomic E-state index is 13.1. The molecule has 1 amide bonds. The van der Waals surface area contributed by atoms with Gasteiger partial charge in [0.1, 0.15) is 13.2 Å². The molecule has 0 radical (unpaired) electrons. The molecule has 2 N–H and O–H groups in total. The van der Waals surface area contributed by atoms with E-state index in [1.165, 1.54) is 12.3 Å². The van der Waals surface area contributed by atoms with Crippen LogP contribution in [-0.2, 0) is 11.2 Å². The van der Waals surface area contributed by atoms with Gasteiger partial charge >= 0.3 is 0 Å². The number of aromatic amines is 1. The van der Waals surface area contributed by atoms with Gasteiger partial charge in [-0.3, -0.25) is 9.89 Å². The number of fused-ring (bicyclic) bond motifs is 2. The summed E-state index contributed by atoms with van der Waals surface area (Å²) in [6, 6.07) is 14.1. The number of amides is 1. The lowest BCUT2D eigenvalue weighted by Crippen LogP contribution is -2.17. The van der Waals surface area contributed by atoms with E-state index in [1.54, 1.807) is 6.07 Å². The molecule has 4 aromatic rings. The van der Waals surface area contributed by atoms with Gasteiger partial charge in [-0.25, -0.2) is 4.98 Å². The van der Waals surface area contributed by atoms with Crippen LogP contribution in [0.1, 0.15) is 5.56 Å². The third-order valence-electron chi connectivity index (χ3n) is 4.85. The highest BCUT2D eigenvalue weighted by Crippen LogP contribution is 2.31. The lowest BCUT2D eigenvalue weighted by Gasteiger charge is -2.18. The fourth-order valence-corrected chi connectivity index (χ4v) is 3.39. The van der Waals surface area contributed by atoms with E-state index in [2.05, 4.69) is 20.5 Å². The Balaban J connectivity index is 1.36. The Morgan fingerprint density at radius 3 is 2.70 bits per heavy atom. The number of nitrogens with zero attached hydrogens (tertiary/aromatic N) is 2. The first kappa shape index (κ1) is 18.1. The van der Waals surface area contributed by atoms with E-state index in [9.17, 15) is 9.18 Å². The van der Waals surface area contributed by atoms with Crippen molar-refractivity contribution < 1.29 is 18.7 Å². The third-order valence-corrected chi connectivity index (χ3v) is 4.85. The van der Waals surface area contributed by atoms with Crippen LogP contribution in [0.5, 0.6) is 11.5 Å². The van der Waals surface area contributed by atoms with E-state index >= 15 is 0 Å². The fraction of sp³-hybridized carbons (Fsp3) is 0.136. The highest BCUT2D eigenvalue weighted by atomic mass is 19.1. The molecule has 0 atom stereocenters. The number of halogens is 1. The maximum absolute atomic E-state index is 13.1. The number of aromatic nitrogens is 3. The minimum Gasteiger partial charge on any atom is -0.486 e. The van der Waals surface area contributed by atoms with Gasteiger partial charge in [-0.15, -0.1) is 0 Å². The van der Waals surface area contributed by atoms with Crippen LogP contribution in [0.2, 0.25) is 0 Å². The highest BCUT2D eigenvalue weighted by Gasteiger charge is 2.15. The van der Waals surface area contributed by atoms with Crippen LogP contribution in [0.25, 0.3) is 22.0 Å². The maximum Gasteiger partial charge on any atom is 0.230 e. The number of H-pyrrole nitrogens is 1. The number of anilines is 1. The van der Waals surface area contributed by atoms with Gasteiger partial charge in [0.15, 0.2) is 17.3 Å². The van der Waals surface area contributed by atoms with Crippen molar-refractivity contribution >= 4 is 22.6 Å². The number of nitrogens with one attached hydrogen (secondary N) is 2. The van der Waals surface area contributed by atoms with Gasteiger partial charge in [0.05, 0.1) is 11.9 Å². The lowest BCUT2D eigenvalue weighted by atomic mass is 10.1. The summed E-state index contributed by atoms with van der Waals surface area (Å²) < 4.78 is 24.2. The van der Waals surface area contributed by atoms with Crippen molar-refractivity contribution in [1.82, 2.24) is 15.2 Å². The van der Waals surface area contributed by atoms with Crippen LogP contribution in [0.3, 0.4) is 0 Å². The Morgan fingerprint density at radius 2 is 1.87 bits per heavy atom. The van der Waals surface area contributed by atoms with Gasteiger partial charge < -0.3 is 14.8 Å². The topological polar surface area (TPSA) is 89.1 Å². The summed E-state index contributed by atoms with van der Waals surface area (Å²) in [5.74, 6) is 1.04. The Morgan fingerprint density at radius 1 is 1.03 bits per heavy atom. The average molecular weight is 404 g/mol. The molecule has 7 nitrogen and oxygen atoms in total. The van der Waals surface area contributed by atoms with Crippen molar-refractivity contribution in [3.8, 4) is 22.6 Å². The zero-order valence-electron chi connectivity index (χ0n) is 15.8. The molecule has 150 valence electrons. The molecule has 0 spiro atoms. The van der Waals surface area contributed by atoms with Gasteiger partial charge in [0.2, 0.25) is 11.9 Å². The summed E-state index contributed by atoms with van der Waals surface area (Å²) in [5.41, 5.74) is 3.21. The first-order chi connectivity index (χ1) is 14.7. The molecule has 30 heavy (non-hydrogen) atoms. The van der Waals surface area contributed by atoms with Crippen molar-refractivity contribution in [2.75, 3.05) is 18.5 Å². The van der Waals surface area contributed by atoms with E-state index in [0.29, 0.717) is 30.5 Å². The molecular weight excluding hydrogens is 387 g/mol. The molecular formula is C22H17FN4O3. The van der Waals surface area contributed by atoms with Crippen LogP contribution in [-0.4, -0.2) is 34.3 Å². The van der Waals surface area contributed by atoms with Gasteiger partial charge in [-0.2, -0.15) is 9.49 Å². The van der Waals surface area contributed by atoms with Gasteiger partial charge in [-0.05, 0) is 47.5 Å². The van der Waals surface area contributed by atoms with Crippen molar-refractivity contribution in [3.63, 3.8) is 0 Å². The van der Waals surface area contributed by atoms with E-state index in [0.717, 1.165) is 27.6 Å². The predicted molar refractivity (Wildman–Crippen MR) is 109 cm³/mol. The Bertz CT molecular complexity index is 1240. The zero-order chi connectivity index (χ0) is 20.5. The number of carbonyl (C=O) groups is 1. The number of benzene rings is 2. The van der Waals surface area contributed by atoms with Crippen LogP contribution < -0.4 is 14.8 Å². The smallest absolute Gasteiger partial charge is 0.230 e. The molecule has 0 fully saturated rings. The van der Waals surface area contributed by atoms with E-state index in [-0.39, 0.29) is 12.3 Å². The second kappa shape index (κ2) is 7.47. The monoisotopic (exact) mass is 404 g/mol. The number of rotatable bonds is 4. The molecule has 1 aliphatic heterocycles. The van der Waals surface area contributed by atoms with E-state index in [4.69, 9.17) is 9.47 Å². The summed E-state index contributed by atoms with van der Waals surface area (Å²) in [5, 5.41) is 10.7. The van der Waals surface area contributed by atoms with Crippen molar-refractivity contribution in [3.05, 3.63) is 66.2 Å². The number of hydrogen-bond donors (Lipinski definition) is 2. The summed E-state index contributed by atoms with van der Waals surface area (Å²) in [4.78, 5) is 16.3. The molecule has 2 aromatic carbocycles. The van der Waals surface area contributed by atoms with Crippen molar-refractivity contribution in [2.24, 2.45) is 0 Å². The Labute approximate surface area is 170 Å². The highest BCUT2D eigenvalue weighted by molar-refractivity contribution is 6.01. The minimum absolute atomic E-state index is 0.173. The summed E-state index contributed by atoms with van der Waals surface area (Å²) >= 11 is 0. The number of carbonyl (C=O) groups excluding carboxylic acids is 1. The molecule has 0 unspecified atom stereocenters. The largest absolute Gasteiger partial charge is 0.486 e. The molecule has 1 aliphatic rings. The quantitative estimate of drug-likeness (QED) is 0.506. The first-order valence-corrected chi connectivity index (χ1v) is 9.44. The number of pyridine rings is 1. The predicted octanol–water partition coefficient (Wildman–Crippen LogP) is 3.72. The summed E-state index contributed by atoms with van der Waals surface area (Å²) in [6.07, 6.45) is 1.64. The molecule has 0 saturated heterocycles. The summed E-state index contributed by atoms with van der Waals surface area (Å²) in [7, 11) is 0. The zero-order valence-corrected chi connectivity index (χ0v) is 15.8. The van der Waals surface area contributed by atoms with Crippen molar-refractivity contribution in [1.29, 1.82) is 0 Å². The number of ether oxygens (including phenoxy) is 2. The van der Waals surface area contributed by atoms with Gasteiger partial charge in [0, 0.05) is 17.1 Å². The average Bonchev–Trinajstić information content (AvgIpc) is 3.16. The number of hydrogen-bond acceptors (Lipinski definition) is 5. The lowest BCUT2D eigenvalue weighted by molar-refractivity contribution is -0.115. The second-order valence-electron chi connectivity index (χ2n) is 6.91. The third kappa shape index (κ3) is 3.55. The van der Waals surface area contributed by atoms with Crippen LogP contribution in [0.4, 0.5) is 10.2 Å². The van der Waals surface area contributed by atoms with Gasteiger partial charge in [-0.1, -0.05) is 12.1 Å². The first-order valence-electron chi connectivity index (χ1n) is 9.44. The van der Waals surface area contributed by atoms with Crippen LogP contribution in [0.15, 0.2) is 54.7 Å². The standard InChI is InChI=1S/C22H17FN4O3/c23-20-6-3-15(12-24-20)14-2-4-17-16(11-14)22(27-26-17)25-21(28)10-13-1-5-18-19(9-13)30-8-7-29-18/h1-6,9,11-12H,7-8,10H2,(H2,25,26,27,28). The minimum atomic E-state index is -0.532. The normalized spacial score (nSPS) is 12.7. The Hall–Kier alpha value is -3.94. The summed E-state index contributed by atoms with van der Waals surface area (Å²) in [6.45, 7) is 1.02. The van der Waals surface area contributed by atoms with Gasteiger partial charge in [0.25, 0.3) is 0 Å². The van der Waals surface area contributed by atoms with Crippen molar-refractivity contribution in [2.45, 2.75) is 6.42 Å². The van der Waals surface area contributed by atoms with E-state index < -0.39 is 5.95 Å². The molecule has 0 saturated carbocycles. The SMILES string of the molecule is O=C(Cc1ccc2c(c1)OCCO2)Nc1n[nH]c2ccc(-c3ccc(F)nc3)cc12. The molecule has 5 rings (SSSR count).